The molecule has 0 fully saturated rings. The van der Waals surface area contributed by atoms with Gasteiger partial charge in [-0.15, -0.1) is 0 Å². The summed E-state index contributed by atoms with van der Waals surface area (Å²) in [6.07, 6.45) is -2.37. The summed E-state index contributed by atoms with van der Waals surface area (Å²) in [6.45, 7) is -3.56. The maximum atomic E-state index is 13.2. The van der Waals surface area contributed by atoms with Crippen LogP contribution >= 0.6 is 0 Å². The molecule has 0 aliphatic rings. The second-order valence-corrected chi connectivity index (χ2v) is 3.19. The predicted octanol–water partition coefficient (Wildman–Crippen LogP) is 1.45. The molecule has 0 radical (unpaired) electrons. The van der Waals surface area contributed by atoms with Crippen LogP contribution in [0, 0.1) is 15.9 Å². The highest BCUT2D eigenvalue weighted by atomic mass is 19.3. The van der Waals surface area contributed by atoms with Crippen molar-refractivity contribution in [3.63, 3.8) is 0 Å². The van der Waals surface area contributed by atoms with Crippen LogP contribution in [0.5, 0.6) is 5.75 Å². The average molecular weight is 281 g/mol. The van der Waals surface area contributed by atoms with Gasteiger partial charge in [0, 0.05) is 5.56 Å². The van der Waals surface area contributed by atoms with Crippen molar-refractivity contribution in [3.8, 4) is 5.75 Å². The Morgan fingerprint density at radius 3 is 2.42 bits per heavy atom. The third kappa shape index (κ3) is 3.10. The van der Waals surface area contributed by atoms with Crippen LogP contribution in [0.3, 0.4) is 0 Å². The summed E-state index contributed by atoms with van der Waals surface area (Å²) in [5, 5.41) is 28.3. The van der Waals surface area contributed by atoms with Crippen molar-refractivity contribution in [1.82, 2.24) is 0 Å². The van der Waals surface area contributed by atoms with E-state index in [1.165, 1.54) is 0 Å². The summed E-state index contributed by atoms with van der Waals surface area (Å²) >= 11 is 0. The number of aliphatic carboxylic acids is 1. The molecule has 10 heteroatoms. The number of rotatable bonds is 5. The van der Waals surface area contributed by atoms with Crippen LogP contribution in [0.25, 0.3) is 0 Å². The third-order valence-electron chi connectivity index (χ3n) is 2.03. The van der Waals surface area contributed by atoms with Crippen LogP contribution in [-0.2, 0) is 4.79 Å². The van der Waals surface area contributed by atoms with E-state index in [1.54, 1.807) is 0 Å². The van der Waals surface area contributed by atoms with Crippen molar-refractivity contribution in [2.45, 2.75) is 12.7 Å². The van der Waals surface area contributed by atoms with Gasteiger partial charge in [-0.1, -0.05) is 0 Å². The quantitative estimate of drug-likeness (QED) is 0.624. The molecule has 0 heterocycles. The van der Waals surface area contributed by atoms with Crippen molar-refractivity contribution in [2.75, 3.05) is 0 Å². The minimum atomic E-state index is -3.56. The number of ether oxygens (including phenoxy) is 1. The van der Waals surface area contributed by atoms with E-state index in [4.69, 9.17) is 5.11 Å². The number of benzene rings is 1. The van der Waals surface area contributed by atoms with Gasteiger partial charge in [-0.25, -0.2) is 4.79 Å². The van der Waals surface area contributed by atoms with Gasteiger partial charge >= 0.3 is 18.3 Å². The highest BCUT2D eigenvalue weighted by molar-refractivity contribution is 5.76. The Hall–Kier alpha value is -2.36. The number of nitrogens with zero attached hydrogens (tertiary/aromatic N) is 1. The molecule has 0 aliphatic heterocycles. The number of aliphatic hydroxyl groups excluding tert-OH is 1. The van der Waals surface area contributed by atoms with Crippen molar-refractivity contribution < 1.29 is 37.8 Å². The molecule has 1 unspecified atom stereocenters. The van der Waals surface area contributed by atoms with Crippen LogP contribution in [0.15, 0.2) is 12.1 Å². The molecule has 7 nitrogen and oxygen atoms in total. The van der Waals surface area contributed by atoms with Gasteiger partial charge in [0.2, 0.25) is 11.6 Å². The van der Waals surface area contributed by atoms with Crippen molar-refractivity contribution in [2.24, 2.45) is 0 Å². The lowest BCUT2D eigenvalue weighted by molar-refractivity contribution is -0.389. The summed E-state index contributed by atoms with van der Waals surface area (Å²) in [7, 11) is 0. The van der Waals surface area contributed by atoms with E-state index in [2.05, 4.69) is 4.74 Å². The zero-order valence-electron chi connectivity index (χ0n) is 8.92. The second-order valence-electron chi connectivity index (χ2n) is 3.19. The van der Waals surface area contributed by atoms with E-state index >= 15 is 0 Å². The lowest BCUT2D eigenvalue weighted by atomic mass is 10.1. The minimum Gasteiger partial charge on any atom is -0.479 e. The lowest BCUT2D eigenvalue weighted by Gasteiger charge is -2.13. The fourth-order valence-electron chi connectivity index (χ4n) is 1.29. The van der Waals surface area contributed by atoms with E-state index in [0.717, 1.165) is 0 Å². The van der Waals surface area contributed by atoms with Gasteiger partial charge in [-0.2, -0.15) is 13.2 Å². The molecule has 0 spiro atoms. The van der Waals surface area contributed by atoms with Crippen LogP contribution in [0.1, 0.15) is 11.7 Å². The molecule has 19 heavy (non-hydrogen) atoms. The lowest BCUT2D eigenvalue weighted by Crippen LogP contribution is -2.15. The number of nitro groups is 1. The molecule has 1 aromatic carbocycles. The zero-order valence-corrected chi connectivity index (χ0v) is 8.92. The number of halogens is 3. The number of nitro benzene ring substituents is 1. The SMILES string of the molecule is O=C(O)C(O)c1ccc(F)c([N+](=O)[O-])c1OC(F)F. The molecule has 0 aliphatic carbocycles. The van der Waals surface area contributed by atoms with Gasteiger partial charge in [-0.3, -0.25) is 10.1 Å². The normalized spacial score (nSPS) is 12.3. The monoisotopic (exact) mass is 281 g/mol. The number of carboxylic acids is 1. The number of aliphatic hydroxyl groups is 1. The largest absolute Gasteiger partial charge is 0.479 e. The molecule has 0 saturated heterocycles. The first kappa shape index (κ1) is 14.7. The van der Waals surface area contributed by atoms with E-state index in [9.17, 15) is 33.2 Å². The van der Waals surface area contributed by atoms with Crippen LogP contribution in [0.4, 0.5) is 18.9 Å². The Kier molecular flexibility index (Phi) is 4.27. The molecular formula is C9H6F3NO6. The molecule has 1 aromatic rings. The molecule has 1 rings (SSSR count). The van der Waals surface area contributed by atoms with Gasteiger partial charge < -0.3 is 14.9 Å². The topological polar surface area (TPSA) is 110 Å². The summed E-state index contributed by atoms with van der Waals surface area (Å²) in [5.41, 5.74) is -2.32. The van der Waals surface area contributed by atoms with Gasteiger partial charge in [0.15, 0.2) is 6.10 Å². The Labute approximate surface area is 103 Å². The van der Waals surface area contributed by atoms with Gasteiger partial charge in [0.25, 0.3) is 0 Å². The Balaban J connectivity index is 3.50. The molecule has 1 atom stereocenters. The molecule has 0 aromatic heterocycles. The fourth-order valence-corrected chi connectivity index (χ4v) is 1.29. The molecule has 2 N–H and O–H groups in total. The third-order valence-corrected chi connectivity index (χ3v) is 2.03. The smallest absolute Gasteiger partial charge is 0.387 e. The predicted molar refractivity (Wildman–Crippen MR) is 52.3 cm³/mol. The maximum Gasteiger partial charge on any atom is 0.387 e. The minimum absolute atomic E-state index is 0.470. The average Bonchev–Trinajstić information content (AvgIpc) is 2.26. The summed E-state index contributed by atoms with van der Waals surface area (Å²) in [5.74, 6) is -4.68. The second kappa shape index (κ2) is 5.52. The standard InChI is InChI=1S/C9H6F3NO6/c10-4-2-1-3(6(14)8(15)16)7(19-9(11)12)5(4)13(17)18/h1-2,6,9,14H,(H,15,16). The molecule has 0 amide bonds. The molecule has 0 bridgehead atoms. The summed E-state index contributed by atoms with van der Waals surface area (Å²) in [6, 6.07) is 1.08. The van der Waals surface area contributed by atoms with Gasteiger partial charge in [-0.05, 0) is 12.1 Å². The van der Waals surface area contributed by atoms with E-state index in [1.807, 2.05) is 0 Å². The van der Waals surface area contributed by atoms with Crippen LogP contribution < -0.4 is 4.74 Å². The first-order valence-corrected chi connectivity index (χ1v) is 4.58. The Morgan fingerprint density at radius 2 is 2.00 bits per heavy atom. The van der Waals surface area contributed by atoms with Crippen molar-refractivity contribution >= 4 is 11.7 Å². The van der Waals surface area contributed by atoms with Crippen molar-refractivity contribution in [1.29, 1.82) is 0 Å². The number of alkyl halides is 2. The van der Waals surface area contributed by atoms with Crippen LogP contribution in [0.2, 0.25) is 0 Å². The molecular weight excluding hydrogens is 275 g/mol. The van der Waals surface area contributed by atoms with Crippen molar-refractivity contribution in [3.05, 3.63) is 33.6 Å². The number of hydrogen-bond donors (Lipinski definition) is 2. The number of carbonyl (C=O) groups is 1. The fraction of sp³-hybridized carbons (Fsp3) is 0.222. The highest BCUT2D eigenvalue weighted by Crippen LogP contribution is 2.38. The van der Waals surface area contributed by atoms with Gasteiger partial charge in [0.1, 0.15) is 0 Å². The molecule has 104 valence electrons. The Morgan fingerprint density at radius 1 is 1.42 bits per heavy atom. The van der Waals surface area contributed by atoms with E-state index in [-0.39, 0.29) is 0 Å². The molecule has 0 saturated carbocycles. The highest BCUT2D eigenvalue weighted by Gasteiger charge is 2.32. The van der Waals surface area contributed by atoms with E-state index < -0.39 is 46.4 Å². The Bertz CT molecular complexity index is 521. The zero-order chi connectivity index (χ0) is 14.7. The first-order chi connectivity index (χ1) is 8.75. The van der Waals surface area contributed by atoms with E-state index in [0.29, 0.717) is 12.1 Å². The van der Waals surface area contributed by atoms with Crippen LogP contribution in [-0.4, -0.2) is 27.7 Å². The van der Waals surface area contributed by atoms with Gasteiger partial charge in [0.05, 0.1) is 4.92 Å². The first-order valence-electron chi connectivity index (χ1n) is 4.58. The summed E-state index contributed by atoms with van der Waals surface area (Å²) < 4.78 is 41.2. The number of hydrogen-bond acceptors (Lipinski definition) is 5. The number of carboxylic acid groups (broad SMARTS) is 1. The maximum absolute atomic E-state index is 13.2. The summed E-state index contributed by atoms with van der Waals surface area (Å²) in [4.78, 5) is 19.8.